The van der Waals surface area contributed by atoms with Gasteiger partial charge in [0.15, 0.2) is 0 Å². The van der Waals surface area contributed by atoms with E-state index in [4.69, 9.17) is 22.1 Å². The summed E-state index contributed by atoms with van der Waals surface area (Å²) < 4.78 is 6.96. The number of ether oxygens (including phenoxy) is 1. The maximum atomic E-state index is 13.4. The molecule has 0 atom stereocenters. The summed E-state index contributed by atoms with van der Waals surface area (Å²) in [4.78, 5) is 26.7. The van der Waals surface area contributed by atoms with Crippen molar-refractivity contribution in [3.05, 3.63) is 93.8 Å². The van der Waals surface area contributed by atoms with Gasteiger partial charge in [0.1, 0.15) is 11.4 Å². The maximum absolute atomic E-state index is 13.4. The molecule has 0 aliphatic carbocycles. The van der Waals surface area contributed by atoms with E-state index in [-0.39, 0.29) is 22.7 Å². The first kappa shape index (κ1) is 21.5. The molecule has 4 rings (SSSR count). The summed E-state index contributed by atoms with van der Waals surface area (Å²) in [5.41, 5.74) is 10.5. The van der Waals surface area contributed by atoms with E-state index in [1.54, 1.807) is 53.1 Å². The predicted molar refractivity (Wildman–Crippen MR) is 127 cm³/mol. The van der Waals surface area contributed by atoms with Gasteiger partial charge in [0, 0.05) is 16.8 Å². The van der Waals surface area contributed by atoms with Crippen LogP contribution in [0, 0.1) is 13.8 Å². The van der Waals surface area contributed by atoms with Crippen LogP contribution in [-0.4, -0.2) is 23.2 Å². The monoisotopic (exact) mass is 447 g/mol. The Morgan fingerprint density at radius 2 is 1.81 bits per heavy atom. The molecule has 7 heteroatoms. The van der Waals surface area contributed by atoms with Crippen molar-refractivity contribution in [2.45, 2.75) is 13.8 Å². The van der Waals surface area contributed by atoms with E-state index >= 15 is 0 Å². The molecule has 2 aromatic heterocycles. The molecule has 0 unspecified atom stereocenters. The van der Waals surface area contributed by atoms with Crippen LogP contribution in [0.4, 0.5) is 11.4 Å². The zero-order valence-corrected chi connectivity index (χ0v) is 18.7. The Bertz CT molecular complexity index is 1370. The number of methoxy groups -OCH3 is 1. The Hall–Kier alpha value is -3.77. The van der Waals surface area contributed by atoms with Gasteiger partial charge in [0.2, 0.25) is 5.78 Å². The molecule has 0 saturated carbocycles. The van der Waals surface area contributed by atoms with Crippen LogP contribution >= 0.6 is 11.6 Å². The highest BCUT2D eigenvalue weighted by Gasteiger charge is 2.26. The normalized spacial score (nSPS) is 10.9. The van der Waals surface area contributed by atoms with E-state index in [0.29, 0.717) is 27.5 Å². The molecule has 3 N–H and O–H groups in total. The third-order valence-corrected chi connectivity index (χ3v) is 5.74. The molecule has 0 radical (unpaired) electrons. The van der Waals surface area contributed by atoms with Crippen molar-refractivity contribution in [3.8, 4) is 5.75 Å². The number of amides is 1. The highest BCUT2D eigenvalue weighted by Crippen LogP contribution is 2.32. The lowest BCUT2D eigenvalue weighted by Crippen LogP contribution is -2.14. The quantitative estimate of drug-likeness (QED) is 0.407. The molecular weight excluding hydrogens is 426 g/mol. The number of rotatable bonds is 5. The predicted octanol–water partition coefficient (Wildman–Crippen LogP) is 5.28. The summed E-state index contributed by atoms with van der Waals surface area (Å²) >= 11 is 6.09. The van der Waals surface area contributed by atoms with E-state index in [2.05, 4.69) is 5.32 Å². The van der Waals surface area contributed by atoms with Gasteiger partial charge in [-0.1, -0.05) is 29.8 Å². The van der Waals surface area contributed by atoms with Crippen LogP contribution < -0.4 is 15.8 Å². The van der Waals surface area contributed by atoms with Gasteiger partial charge in [-0.15, -0.1) is 0 Å². The molecule has 4 aromatic rings. The van der Waals surface area contributed by atoms with Gasteiger partial charge in [-0.2, -0.15) is 0 Å². The zero-order chi connectivity index (χ0) is 23.0. The minimum atomic E-state index is -0.467. The number of fused-ring (bicyclic) bond motifs is 1. The number of pyridine rings is 1. The highest BCUT2D eigenvalue weighted by molar-refractivity contribution is 6.31. The van der Waals surface area contributed by atoms with Gasteiger partial charge in [-0.05, 0) is 61.4 Å². The smallest absolute Gasteiger partial charge is 0.260 e. The van der Waals surface area contributed by atoms with Crippen molar-refractivity contribution in [1.82, 2.24) is 4.40 Å². The van der Waals surface area contributed by atoms with Crippen LogP contribution in [0.3, 0.4) is 0 Å². The second-order valence-electron chi connectivity index (χ2n) is 7.52. The Morgan fingerprint density at radius 1 is 1.03 bits per heavy atom. The van der Waals surface area contributed by atoms with Crippen molar-refractivity contribution in [2.75, 3.05) is 18.2 Å². The first-order chi connectivity index (χ1) is 15.3. The minimum absolute atomic E-state index is 0.109. The lowest BCUT2D eigenvalue weighted by Gasteiger charge is -2.10. The van der Waals surface area contributed by atoms with E-state index in [9.17, 15) is 9.59 Å². The lowest BCUT2D eigenvalue weighted by molar-refractivity contribution is 0.102. The van der Waals surface area contributed by atoms with E-state index in [0.717, 1.165) is 11.1 Å². The molecule has 6 nitrogen and oxygen atoms in total. The number of aromatic nitrogens is 1. The summed E-state index contributed by atoms with van der Waals surface area (Å²) in [7, 11) is 1.50. The zero-order valence-electron chi connectivity index (χ0n) is 17.9. The summed E-state index contributed by atoms with van der Waals surface area (Å²) in [5.74, 6) is -0.270. The van der Waals surface area contributed by atoms with Crippen molar-refractivity contribution in [2.24, 2.45) is 0 Å². The van der Waals surface area contributed by atoms with Gasteiger partial charge < -0.3 is 20.2 Å². The van der Waals surface area contributed by atoms with Crippen LogP contribution in [0.25, 0.3) is 5.52 Å². The van der Waals surface area contributed by atoms with Crippen molar-refractivity contribution in [3.63, 3.8) is 0 Å². The summed E-state index contributed by atoms with van der Waals surface area (Å²) in [6.07, 6.45) is 1.72. The standard InChI is InChI=1S/C25H22ClN3O3/c1-14-7-8-16(12-15(14)2)24(30)23-22(27)21(19-6-4-5-11-29(19)23)25(31)28-18-13-17(26)9-10-20(18)32-3/h4-13H,27H2,1-3H3,(H,28,31). The fourth-order valence-electron chi connectivity index (χ4n) is 3.68. The van der Waals surface area contributed by atoms with Gasteiger partial charge >= 0.3 is 0 Å². The summed E-state index contributed by atoms with van der Waals surface area (Å²) in [6.45, 7) is 3.93. The Balaban J connectivity index is 1.83. The van der Waals surface area contributed by atoms with E-state index in [1.807, 2.05) is 26.0 Å². The number of carbonyl (C=O) groups is 2. The molecule has 0 aliphatic rings. The molecule has 2 aromatic carbocycles. The number of hydrogen-bond donors (Lipinski definition) is 2. The number of ketones is 1. The highest BCUT2D eigenvalue weighted by atomic mass is 35.5. The molecule has 0 aliphatic heterocycles. The molecular formula is C25H22ClN3O3. The van der Waals surface area contributed by atoms with Crippen LogP contribution in [0.1, 0.15) is 37.5 Å². The third-order valence-electron chi connectivity index (χ3n) is 5.50. The number of anilines is 2. The molecule has 162 valence electrons. The molecule has 0 bridgehead atoms. The Labute approximate surface area is 190 Å². The fourth-order valence-corrected chi connectivity index (χ4v) is 3.85. The van der Waals surface area contributed by atoms with Gasteiger partial charge in [0.05, 0.1) is 29.6 Å². The van der Waals surface area contributed by atoms with Gasteiger partial charge in [-0.3, -0.25) is 9.59 Å². The Morgan fingerprint density at radius 3 is 2.53 bits per heavy atom. The SMILES string of the molecule is COc1ccc(Cl)cc1NC(=O)c1c(N)c(C(=O)c2ccc(C)c(C)c2)n2ccccc12. The van der Waals surface area contributed by atoms with E-state index in [1.165, 1.54) is 7.11 Å². The third kappa shape index (κ3) is 3.69. The van der Waals surface area contributed by atoms with Crippen molar-refractivity contribution < 1.29 is 14.3 Å². The van der Waals surface area contributed by atoms with Crippen molar-refractivity contribution >= 4 is 40.2 Å². The number of halogens is 1. The number of nitrogens with one attached hydrogen (secondary N) is 1. The number of nitrogens with zero attached hydrogens (tertiary/aromatic N) is 1. The van der Waals surface area contributed by atoms with Gasteiger partial charge in [-0.25, -0.2) is 0 Å². The number of nitrogen functional groups attached to an aromatic ring is 1. The molecule has 32 heavy (non-hydrogen) atoms. The summed E-state index contributed by atoms with van der Waals surface area (Å²) in [6, 6.07) is 15.7. The maximum Gasteiger partial charge on any atom is 0.260 e. The topological polar surface area (TPSA) is 85.8 Å². The number of aryl methyl sites for hydroxylation is 2. The van der Waals surface area contributed by atoms with Gasteiger partial charge in [0.25, 0.3) is 5.91 Å². The first-order valence-electron chi connectivity index (χ1n) is 9.97. The second-order valence-corrected chi connectivity index (χ2v) is 7.96. The average molecular weight is 448 g/mol. The molecule has 0 fully saturated rings. The molecule has 2 heterocycles. The minimum Gasteiger partial charge on any atom is -0.495 e. The number of hydrogen-bond acceptors (Lipinski definition) is 4. The lowest BCUT2D eigenvalue weighted by atomic mass is 10.0. The van der Waals surface area contributed by atoms with Crippen LogP contribution in [0.2, 0.25) is 5.02 Å². The number of benzene rings is 2. The number of nitrogens with two attached hydrogens (primary N) is 1. The molecule has 1 amide bonds. The second kappa shape index (κ2) is 8.40. The molecule has 0 saturated heterocycles. The molecule has 0 spiro atoms. The van der Waals surface area contributed by atoms with E-state index < -0.39 is 5.91 Å². The van der Waals surface area contributed by atoms with Crippen LogP contribution in [0.15, 0.2) is 60.8 Å². The summed E-state index contributed by atoms with van der Waals surface area (Å²) in [5, 5.41) is 3.25. The van der Waals surface area contributed by atoms with Crippen LogP contribution in [-0.2, 0) is 0 Å². The Kier molecular flexibility index (Phi) is 5.63. The fraction of sp³-hybridized carbons (Fsp3) is 0.120. The van der Waals surface area contributed by atoms with Crippen molar-refractivity contribution in [1.29, 1.82) is 0 Å². The average Bonchev–Trinajstić information content (AvgIpc) is 3.07. The number of carbonyl (C=O) groups excluding carboxylic acids is 2. The van der Waals surface area contributed by atoms with Crippen LogP contribution in [0.5, 0.6) is 5.75 Å². The first-order valence-corrected chi connectivity index (χ1v) is 10.3. The largest absolute Gasteiger partial charge is 0.495 e.